The number of methoxy groups -OCH3 is 1. The largest absolute Gasteiger partial charge is 0.505 e. The molecule has 0 fully saturated rings. The third-order valence-corrected chi connectivity index (χ3v) is 6.58. The van der Waals surface area contributed by atoms with Crippen LogP contribution in [0, 0.1) is 0 Å². The molecule has 2 heterocycles. The maximum atomic E-state index is 13.8. The number of rotatable bonds is 5. The topological polar surface area (TPSA) is 108 Å². The predicted molar refractivity (Wildman–Crippen MR) is 137 cm³/mol. The summed E-state index contributed by atoms with van der Waals surface area (Å²) >= 11 is 1.00. The molecule has 0 amide bonds. The lowest BCUT2D eigenvalue weighted by atomic mass is 10.1. The lowest BCUT2D eigenvalue weighted by molar-refractivity contribution is 0.414. The number of benzene rings is 3. The van der Waals surface area contributed by atoms with E-state index in [9.17, 15) is 14.7 Å². The summed E-state index contributed by atoms with van der Waals surface area (Å²) < 4.78 is 12.3. The lowest BCUT2D eigenvalue weighted by Gasteiger charge is -2.16. The molecule has 0 bridgehead atoms. The van der Waals surface area contributed by atoms with Gasteiger partial charge in [0.05, 0.1) is 12.8 Å². The molecule has 35 heavy (non-hydrogen) atoms. The summed E-state index contributed by atoms with van der Waals surface area (Å²) in [6.45, 7) is 0. The van der Waals surface area contributed by atoms with Crippen LogP contribution in [0.2, 0.25) is 0 Å². The van der Waals surface area contributed by atoms with Gasteiger partial charge in [-0.15, -0.1) is 0 Å². The first kappa shape index (κ1) is 22.4. The second kappa shape index (κ2) is 9.08. The van der Waals surface area contributed by atoms with E-state index in [1.807, 2.05) is 30.3 Å². The number of aromatic nitrogens is 1. The smallest absolute Gasteiger partial charge is 0.354 e. The zero-order valence-corrected chi connectivity index (χ0v) is 19.4. The number of nitrogens with two attached hydrogens (primary N) is 1. The Morgan fingerprint density at radius 1 is 0.943 bits per heavy atom. The number of aromatic hydroxyl groups is 1. The Kier molecular flexibility index (Phi) is 5.80. The number of ether oxygens (including phenoxy) is 1. The first-order valence-corrected chi connectivity index (χ1v) is 11.5. The molecule has 7 nitrogen and oxygen atoms in total. The van der Waals surface area contributed by atoms with E-state index in [1.165, 1.54) is 4.57 Å². The minimum atomic E-state index is -0.738. The highest BCUT2D eigenvalue weighted by molar-refractivity contribution is 7.99. The molecule has 0 atom stereocenters. The molecule has 5 aromatic rings. The van der Waals surface area contributed by atoms with E-state index in [2.05, 4.69) is 0 Å². The molecule has 8 heteroatoms. The fourth-order valence-electron chi connectivity index (χ4n) is 3.80. The van der Waals surface area contributed by atoms with E-state index in [0.29, 0.717) is 27.7 Å². The van der Waals surface area contributed by atoms with Gasteiger partial charge in [-0.25, -0.2) is 4.79 Å². The van der Waals surface area contributed by atoms with Gasteiger partial charge >= 0.3 is 5.63 Å². The van der Waals surface area contributed by atoms with Crippen molar-refractivity contribution in [2.24, 2.45) is 0 Å². The first-order chi connectivity index (χ1) is 17.0. The van der Waals surface area contributed by atoms with Gasteiger partial charge in [0.2, 0.25) is 0 Å². The van der Waals surface area contributed by atoms with Crippen LogP contribution in [0.3, 0.4) is 0 Å². The van der Waals surface area contributed by atoms with Crippen molar-refractivity contribution in [2.75, 3.05) is 12.8 Å². The number of pyridine rings is 1. The van der Waals surface area contributed by atoms with Crippen molar-refractivity contribution >= 4 is 28.4 Å². The average Bonchev–Trinajstić information content (AvgIpc) is 2.88. The maximum Gasteiger partial charge on any atom is 0.354 e. The summed E-state index contributed by atoms with van der Waals surface area (Å²) in [5.74, 6) is 0.213. The highest BCUT2D eigenvalue weighted by atomic mass is 32.2. The summed E-state index contributed by atoms with van der Waals surface area (Å²) in [4.78, 5) is 27.2. The van der Waals surface area contributed by atoms with Crippen LogP contribution in [0.25, 0.3) is 27.9 Å². The van der Waals surface area contributed by atoms with Crippen molar-refractivity contribution in [1.82, 2.24) is 4.57 Å². The molecule has 3 N–H and O–H groups in total. The van der Waals surface area contributed by atoms with Crippen molar-refractivity contribution in [3.63, 3.8) is 0 Å². The van der Waals surface area contributed by atoms with E-state index in [4.69, 9.17) is 14.9 Å². The fourth-order valence-corrected chi connectivity index (χ4v) is 4.63. The molecule has 0 aliphatic carbocycles. The number of fused-ring (bicyclic) bond motifs is 1. The molecular weight excluding hydrogens is 464 g/mol. The summed E-state index contributed by atoms with van der Waals surface area (Å²) in [6, 6.07) is 24.7. The van der Waals surface area contributed by atoms with Crippen molar-refractivity contribution in [2.45, 2.75) is 9.79 Å². The van der Waals surface area contributed by atoms with Crippen molar-refractivity contribution in [3.05, 3.63) is 106 Å². The van der Waals surface area contributed by atoms with Crippen LogP contribution in [-0.2, 0) is 0 Å². The van der Waals surface area contributed by atoms with Crippen LogP contribution >= 0.6 is 11.8 Å². The SMILES string of the molecule is COc1ccc(-n2c(-c3ccccc3)cc3oc(=O)c(Sc4ccc(N)cc4)c(O)c3c2=O)cc1. The maximum absolute atomic E-state index is 13.8. The van der Waals surface area contributed by atoms with Gasteiger partial charge in [0.15, 0.2) is 5.75 Å². The summed E-state index contributed by atoms with van der Waals surface area (Å²) in [5, 5.41) is 11.0. The number of hydrogen-bond donors (Lipinski definition) is 2. The molecule has 0 spiro atoms. The Hall–Kier alpha value is -4.43. The van der Waals surface area contributed by atoms with Gasteiger partial charge in [-0.3, -0.25) is 9.36 Å². The molecule has 0 saturated heterocycles. The highest BCUT2D eigenvalue weighted by Gasteiger charge is 2.22. The predicted octanol–water partition coefficient (Wildman–Crippen LogP) is 5.06. The molecular formula is C27H20N2O5S. The minimum absolute atomic E-state index is 0.00257. The van der Waals surface area contributed by atoms with Gasteiger partial charge in [0, 0.05) is 22.3 Å². The molecule has 5 rings (SSSR count). The molecule has 0 saturated carbocycles. The quantitative estimate of drug-likeness (QED) is 0.336. The Bertz CT molecular complexity index is 1640. The number of hydrogen-bond acceptors (Lipinski definition) is 7. The van der Waals surface area contributed by atoms with Gasteiger partial charge in [0.25, 0.3) is 5.56 Å². The van der Waals surface area contributed by atoms with Gasteiger partial charge in [-0.05, 0) is 54.1 Å². The van der Waals surface area contributed by atoms with Crippen molar-refractivity contribution in [1.29, 1.82) is 0 Å². The Morgan fingerprint density at radius 2 is 1.63 bits per heavy atom. The molecule has 174 valence electrons. The summed E-state index contributed by atoms with van der Waals surface area (Å²) in [7, 11) is 1.56. The zero-order valence-electron chi connectivity index (χ0n) is 18.6. The number of nitrogen functional groups attached to an aromatic ring is 1. The Labute approximate surface area is 204 Å². The van der Waals surface area contributed by atoms with Gasteiger partial charge in [-0.2, -0.15) is 0 Å². The number of anilines is 1. The van der Waals surface area contributed by atoms with Crippen LogP contribution < -0.4 is 21.7 Å². The second-order valence-electron chi connectivity index (χ2n) is 7.71. The van der Waals surface area contributed by atoms with Gasteiger partial charge in [0.1, 0.15) is 21.6 Å². The highest BCUT2D eigenvalue weighted by Crippen LogP contribution is 2.37. The van der Waals surface area contributed by atoms with E-state index in [1.54, 1.807) is 61.7 Å². The van der Waals surface area contributed by atoms with E-state index in [0.717, 1.165) is 17.3 Å². The van der Waals surface area contributed by atoms with Crippen LogP contribution in [0.15, 0.2) is 109 Å². The summed E-state index contributed by atoms with van der Waals surface area (Å²) in [5.41, 5.74) is 6.86. The number of nitrogens with zero attached hydrogens (tertiary/aromatic N) is 1. The standard InChI is InChI=1S/C27H20N2O5S/c1-33-19-11-9-18(10-12-19)29-21(16-5-3-2-4-6-16)15-22-23(26(29)31)24(30)25(27(32)34-22)35-20-13-7-17(28)8-14-20/h2-15,30H,28H2,1H3. The summed E-state index contributed by atoms with van der Waals surface area (Å²) in [6.07, 6.45) is 0. The third kappa shape index (κ3) is 4.15. The monoisotopic (exact) mass is 484 g/mol. The van der Waals surface area contributed by atoms with E-state index < -0.39 is 16.9 Å². The van der Waals surface area contributed by atoms with Crippen LogP contribution in [0.5, 0.6) is 11.5 Å². The van der Waals surface area contributed by atoms with Gasteiger partial charge < -0.3 is 20.0 Å². The average molecular weight is 485 g/mol. The molecule has 0 radical (unpaired) electrons. The molecule has 0 aliphatic rings. The van der Waals surface area contributed by atoms with Gasteiger partial charge in [-0.1, -0.05) is 42.1 Å². The van der Waals surface area contributed by atoms with Crippen LogP contribution in [0.4, 0.5) is 5.69 Å². The third-order valence-electron chi connectivity index (χ3n) is 5.51. The minimum Gasteiger partial charge on any atom is -0.505 e. The second-order valence-corrected chi connectivity index (χ2v) is 8.80. The van der Waals surface area contributed by atoms with Crippen LogP contribution in [0.1, 0.15) is 0 Å². The van der Waals surface area contributed by atoms with Crippen molar-refractivity contribution < 1.29 is 14.3 Å². The molecule has 0 unspecified atom stereocenters. The van der Waals surface area contributed by atoms with E-state index in [-0.39, 0.29) is 15.9 Å². The molecule has 2 aromatic heterocycles. The normalized spacial score (nSPS) is 11.0. The first-order valence-electron chi connectivity index (χ1n) is 10.7. The van der Waals surface area contributed by atoms with Crippen LogP contribution in [-0.4, -0.2) is 16.8 Å². The molecule has 0 aliphatic heterocycles. The lowest BCUT2D eigenvalue weighted by Crippen LogP contribution is -2.21. The zero-order chi connectivity index (χ0) is 24.5. The molecule has 3 aromatic carbocycles. The fraction of sp³-hybridized carbons (Fsp3) is 0.0370. The Balaban J connectivity index is 1.78. The Morgan fingerprint density at radius 3 is 2.29 bits per heavy atom. The van der Waals surface area contributed by atoms with Crippen molar-refractivity contribution in [3.8, 4) is 28.4 Å². The van der Waals surface area contributed by atoms with E-state index >= 15 is 0 Å².